The fourth-order valence-corrected chi connectivity index (χ4v) is 2.62. The summed E-state index contributed by atoms with van der Waals surface area (Å²) in [7, 11) is 0. The van der Waals surface area contributed by atoms with Crippen LogP contribution in [0.5, 0.6) is 0 Å². The van der Waals surface area contributed by atoms with Gasteiger partial charge in [-0.1, -0.05) is 48.5 Å². The molecule has 0 aliphatic carbocycles. The molecule has 0 atom stereocenters. The van der Waals surface area contributed by atoms with Gasteiger partial charge < -0.3 is 0 Å². The molecule has 0 heterocycles. The zero-order valence-corrected chi connectivity index (χ0v) is 13.2. The van der Waals surface area contributed by atoms with Crippen molar-refractivity contribution in [2.24, 2.45) is 0 Å². The van der Waals surface area contributed by atoms with E-state index in [1.165, 1.54) is 12.1 Å². The molecule has 3 aromatic carbocycles. The third-order valence-corrected chi connectivity index (χ3v) is 4.01. The Morgan fingerprint density at radius 2 is 1.73 bits per heavy atom. The van der Waals surface area contributed by atoms with Crippen LogP contribution < -0.4 is 0 Å². The minimum atomic E-state index is -0.321. The van der Waals surface area contributed by atoms with Gasteiger partial charge in [-0.2, -0.15) is 0 Å². The minimum Gasteiger partial charge on any atom is -0.289 e. The molecule has 108 valence electrons. The van der Waals surface area contributed by atoms with Gasteiger partial charge in [0.05, 0.1) is 4.47 Å². The van der Waals surface area contributed by atoms with Crippen LogP contribution in [-0.4, -0.2) is 5.78 Å². The van der Waals surface area contributed by atoms with Gasteiger partial charge in [0.15, 0.2) is 5.78 Å². The van der Waals surface area contributed by atoms with Crippen LogP contribution >= 0.6 is 15.9 Å². The van der Waals surface area contributed by atoms with Gasteiger partial charge in [-0.3, -0.25) is 4.79 Å². The van der Waals surface area contributed by atoms with Crippen molar-refractivity contribution in [2.45, 2.75) is 0 Å². The number of halogens is 2. The third kappa shape index (κ3) is 3.15. The lowest BCUT2D eigenvalue weighted by Gasteiger charge is -2.01. The molecule has 22 heavy (non-hydrogen) atoms. The highest BCUT2D eigenvalue weighted by Crippen LogP contribution is 2.19. The van der Waals surface area contributed by atoms with Crippen LogP contribution in [0.25, 0.3) is 16.8 Å². The van der Waals surface area contributed by atoms with Crippen molar-refractivity contribution >= 4 is 38.6 Å². The summed E-state index contributed by atoms with van der Waals surface area (Å²) < 4.78 is 13.6. The van der Waals surface area contributed by atoms with Crippen LogP contribution in [0.4, 0.5) is 4.39 Å². The van der Waals surface area contributed by atoms with E-state index in [0.29, 0.717) is 10.0 Å². The molecule has 0 spiro atoms. The quantitative estimate of drug-likeness (QED) is 0.439. The summed E-state index contributed by atoms with van der Waals surface area (Å²) in [5.41, 5.74) is 1.40. The number of benzene rings is 3. The first-order chi connectivity index (χ1) is 10.6. The average molecular weight is 355 g/mol. The lowest BCUT2D eigenvalue weighted by molar-refractivity contribution is 0.104. The number of ketones is 1. The van der Waals surface area contributed by atoms with Crippen LogP contribution in [0.3, 0.4) is 0 Å². The number of fused-ring (bicyclic) bond motifs is 1. The largest absolute Gasteiger partial charge is 0.289 e. The highest BCUT2D eigenvalue weighted by Gasteiger charge is 2.03. The zero-order valence-electron chi connectivity index (χ0n) is 11.6. The summed E-state index contributed by atoms with van der Waals surface area (Å²) >= 11 is 3.13. The zero-order chi connectivity index (χ0) is 15.5. The highest BCUT2D eigenvalue weighted by molar-refractivity contribution is 9.10. The normalized spacial score (nSPS) is 11.2. The molecule has 0 N–H and O–H groups in total. The summed E-state index contributed by atoms with van der Waals surface area (Å²) in [6.45, 7) is 0. The van der Waals surface area contributed by atoms with Crippen molar-refractivity contribution in [3.8, 4) is 0 Å². The Balaban J connectivity index is 1.85. The van der Waals surface area contributed by atoms with Crippen molar-refractivity contribution in [1.29, 1.82) is 0 Å². The standard InChI is InChI=1S/C19H12BrFO/c20-17-11-13(5-9-18(17)21)6-10-19(22)16-8-7-14-3-1-2-4-15(14)12-16/h1-12H/b10-6+. The van der Waals surface area contributed by atoms with Gasteiger partial charge >= 0.3 is 0 Å². The van der Waals surface area contributed by atoms with Crippen molar-refractivity contribution in [2.75, 3.05) is 0 Å². The number of rotatable bonds is 3. The predicted molar refractivity (Wildman–Crippen MR) is 91.4 cm³/mol. The van der Waals surface area contributed by atoms with E-state index in [2.05, 4.69) is 15.9 Å². The van der Waals surface area contributed by atoms with Gasteiger partial charge in [0.25, 0.3) is 0 Å². The molecular formula is C19H12BrFO. The minimum absolute atomic E-state index is 0.0776. The molecule has 3 heteroatoms. The van der Waals surface area contributed by atoms with Gasteiger partial charge in [0.2, 0.25) is 0 Å². The molecule has 0 aliphatic heterocycles. The Morgan fingerprint density at radius 3 is 2.50 bits per heavy atom. The van der Waals surface area contributed by atoms with E-state index in [0.717, 1.165) is 16.3 Å². The van der Waals surface area contributed by atoms with E-state index in [9.17, 15) is 9.18 Å². The molecule has 0 aromatic heterocycles. The second-order valence-electron chi connectivity index (χ2n) is 4.93. The third-order valence-electron chi connectivity index (χ3n) is 3.40. The molecule has 0 saturated heterocycles. The van der Waals surface area contributed by atoms with E-state index >= 15 is 0 Å². The maximum absolute atomic E-state index is 13.2. The molecular weight excluding hydrogens is 343 g/mol. The summed E-state index contributed by atoms with van der Waals surface area (Å²) in [6, 6.07) is 18.2. The van der Waals surface area contributed by atoms with Gasteiger partial charge in [-0.25, -0.2) is 4.39 Å². The monoisotopic (exact) mass is 354 g/mol. The number of hydrogen-bond acceptors (Lipinski definition) is 1. The van der Waals surface area contributed by atoms with E-state index in [-0.39, 0.29) is 11.6 Å². The van der Waals surface area contributed by atoms with E-state index in [1.54, 1.807) is 18.2 Å². The van der Waals surface area contributed by atoms with Crippen LogP contribution in [0, 0.1) is 5.82 Å². The Morgan fingerprint density at radius 1 is 0.955 bits per heavy atom. The SMILES string of the molecule is O=C(/C=C/c1ccc(F)c(Br)c1)c1ccc2ccccc2c1. The molecule has 0 unspecified atom stereocenters. The molecule has 1 nitrogen and oxygen atoms in total. The molecule has 3 aromatic rings. The number of hydrogen-bond donors (Lipinski definition) is 0. The van der Waals surface area contributed by atoms with Crippen LogP contribution in [0.15, 0.2) is 71.2 Å². The lowest BCUT2D eigenvalue weighted by Crippen LogP contribution is -1.93. The van der Waals surface area contributed by atoms with Crippen LogP contribution in [0.2, 0.25) is 0 Å². The first-order valence-corrected chi connectivity index (χ1v) is 7.59. The lowest BCUT2D eigenvalue weighted by atomic mass is 10.0. The first-order valence-electron chi connectivity index (χ1n) is 6.80. The Bertz CT molecular complexity index is 883. The van der Waals surface area contributed by atoms with Crippen molar-refractivity contribution in [1.82, 2.24) is 0 Å². The van der Waals surface area contributed by atoms with Gasteiger partial charge in [0, 0.05) is 5.56 Å². The van der Waals surface area contributed by atoms with Gasteiger partial charge in [-0.15, -0.1) is 0 Å². The maximum Gasteiger partial charge on any atom is 0.185 e. The molecule has 3 rings (SSSR count). The Labute approximate surface area is 136 Å². The molecule has 0 radical (unpaired) electrons. The number of carbonyl (C=O) groups is 1. The fourth-order valence-electron chi connectivity index (χ4n) is 2.23. The van der Waals surface area contributed by atoms with Crippen molar-refractivity contribution in [3.05, 3.63) is 88.2 Å². The number of allylic oxidation sites excluding steroid dienone is 1. The van der Waals surface area contributed by atoms with Crippen LogP contribution in [-0.2, 0) is 0 Å². The summed E-state index contributed by atoms with van der Waals surface area (Å²) in [5.74, 6) is -0.399. The van der Waals surface area contributed by atoms with E-state index in [4.69, 9.17) is 0 Å². The fraction of sp³-hybridized carbons (Fsp3) is 0. The summed E-state index contributed by atoms with van der Waals surface area (Å²) in [6.07, 6.45) is 3.19. The second kappa shape index (κ2) is 6.24. The van der Waals surface area contributed by atoms with E-state index < -0.39 is 0 Å². The summed E-state index contributed by atoms with van der Waals surface area (Å²) in [4.78, 5) is 12.2. The Kier molecular flexibility index (Phi) is 4.16. The first kappa shape index (κ1) is 14.7. The highest BCUT2D eigenvalue weighted by atomic mass is 79.9. The maximum atomic E-state index is 13.2. The van der Waals surface area contributed by atoms with Gasteiger partial charge in [-0.05, 0) is 56.5 Å². The van der Waals surface area contributed by atoms with Crippen molar-refractivity contribution in [3.63, 3.8) is 0 Å². The molecule has 0 amide bonds. The predicted octanol–water partition coefficient (Wildman–Crippen LogP) is 5.64. The average Bonchev–Trinajstić information content (AvgIpc) is 2.55. The molecule has 0 saturated carbocycles. The molecule has 0 fully saturated rings. The smallest absolute Gasteiger partial charge is 0.185 e. The molecule has 0 aliphatic rings. The van der Waals surface area contributed by atoms with E-state index in [1.807, 2.05) is 42.5 Å². The summed E-state index contributed by atoms with van der Waals surface area (Å²) in [5, 5.41) is 2.14. The Hall–Kier alpha value is -2.26. The topological polar surface area (TPSA) is 17.1 Å². The molecule has 0 bridgehead atoms. The van der Waals surface area contributed by atoms with Crippen LogP contribution in [0.1, 0.15) is 15.9 Å². The van der Waals surface area contributed by atoms with Crippen molar-refractivity contribution < 1.29 is 9.18 Å². The number of carbonyl (C=O) groups excluding carboxylic acids is 1. The second-order valence-corrected chi connectivity index (χ2v) is 5.79. The van der Waals surface area contributed by atoms with Gasteiger partial charge in [0.1, 0.15) is 5.82 Å².